The zero-order valence-corrected chi connectivity index (χ0v) is 9.84. The Hall–Kier alpha value is -0.120. The van der Waals surface area contributed by atoms with E-state index in [-0.39, 0.29) is 13.2 Å². The third kappa shape index (κ3) is 4.49. The van der Waals surface area contributed by atoms with Gasteiger partial charge in [-0.2, -0.15) is 0 Å². The quantitative estimate of drug-likeness (QED) is 0.606. The van der Waals surface area contributed by atoms with Crippen LogP contribution in [0.3, 0.4) is 0 Å². The van der Waals surface area contributed by atoms with Gasteiger partial charge in [-0.25, -0.2) is 0 Å². The molecule has 3 N–H and O–H groups in total. The molecular weight excluding hydrogens is 190 g/mol. The van der Waals surface area contributed by atoms with Crippen molar-refractivity contribution in [1.29, 1.82) is 0 Å². The van der Waals surface area contributed by atoms with Crippen molar-refractivity contribution in [3.05, 3.63) is 0 Å². The van der Waals surface area contributed by atoms with Gasteiger partial charge in [-0.3, -0.25) is 0 Å². The van der Waals surface area contributed by atoms with Gasteiger partial charge in [-0.05, 0) is 32.2 Å². The lowest BCUT2D eigenvalue weighted by Gasteiger charge is -2.28. The molecule has 0 heterocycles. The van der Waals surface area contributed by atoms with Crippen molar-refractivity contribution >= 4 is 0 Å². The molecule has 3 nitrogen and oxygen atoms in total. The van der Waals surface area contributed by atoms with Gasteiger partial charge >= 0.3 is 0 Å². The lowest BCUT2D eigenvalue weighted by molar-refractivity contribution is 0.0996. The summed E-state index contributed by atoms with van der Waals surface area (Å²) in [6, 6.07) is 0. The van der Waals surface area contributed by atoms with E-state index in [0.29, 0.717) is 0 Å². The van der Waals surface area contributed by atoms with Crippen molar-refractivity contribution < 1.29 is 10.2 Å². The van der Waals surface area contributed by atoms with E-state index in [4.69, 9.17) is 10.2 Å². The molecule has 1 saturated carbocycles. The molecule has 1 rings (SSSR count). The minimum absolute atomic E-state index is 0.00375. The molecule has 0 aromatic heterocycles. The topological polar surface area (TPSA) is 52.5 Å². The molecule has 0 aromatic rings. The Kier molecular flexibility index (Phi) is 5.58. The molecule has 0 aromatic carbocycles. The zero-order valence-electron chi connectivity index (χ0n) is 9.84. The van der Waals surface area contributed by atoms with E-state index in [0.717, 1.165) is 12.5 Å². The minimum atomic E-state index is -0.508. The summed E-state index contributed by atoms with van der Waals surface area (Å²) in [6.45, 7) is 2.79. The maximum Gasteiger partial charge on any atom is 0.0633 e. The highest BCUT2D eigenvalue weighted by Crippen LogP contribution is 2.22. The van der Waals surface area contributed by atoms with Gasteiger partial charge in [0, 0.05) is 0 Å². The van der Waals surface area contributed by atoms with Crippen molar-refractivity contribution in [2.75, 3.05) is 19.8 Å². The van der Waals surface area contributed by atoms with Crippen LogP contribution in [0.15, 0.2) is 0 Å². The van der Waals surface area contributed by atoms with Crippen LogP contribution in [0, 0.1) is 5.92 Å². The predicted molar refractivity (Wildman–Crippen MR) is 61.8 cm³/mol. The monoisotopic (exact) mass is 215 g/mol. The third-order valence-corrected chi connectivity index (χ3v) is 3.49. The van der Waals surface area contributed by atoms with Crippen molar-refractivity contribution in [1.82, 2.24) is 5.32 Å². The van der Waals surface area contributed by atoms with Crippen LogP contribution in [0.1, 0.15) is 45.4 Å². The molecular formula is C12H25NO2. The van der Waals surface area contributed by atoms with E-state index >= 15 is 0 Å². The van der Waals surface area contributed by atoms with Gasteiger partial charge < -0.3 is 15.5 Å². The number of hydrogen-bond acceptors (Lipinski definition) is 3. The van der Waals surface area contributed by atoms with E-state index in [1.807, 2.05) is 6.92 Å². The first-order valence-corrected chi connectivity index (χ1v) is 6.17. The van der Waals surface area contributed by atoms with E-state index in [1.165, 1.54) is 38.5 Å². The standard InChI is InChI=1S/C12H25NO2/c1-12(9-14,10-15)13-8-11-6-4-2-3-5-7-11/h11,13-15H,2-10H2,1H3. The van der Waals surface area contributed by atoms with E-state index in [9.17, 15) is 0 Å². The summed E-state index contributed by atoms with van der Waals surface area (Å²) in [4.78, 5) is 0. The maximum absolute atomic E-state index is 9.15. The molecule has 0 atom stereocenters. The molecule has 0 unspecified atom stereocenters. The van der Waals surface area contributed by atoms with Crippen LogP contribution in [0.2, 0.25) is 0 Å². The average Bonchev–Trinajstić information content (AvgIpc) is 2.54. The largest absolute Gasteiger partial charge is 0.394 e. The zero-order chi connectivity index (χ0) is 11.1. The van der Waals surface area contributed by atoms with Gasteiger partial charge in [0.2, 0.25) is 0 Å². The summed E-state index contributed by atoms with van der Waals surface area (Å²) in [6.07, 6.45) is 7.99. The highest BCUT2D eigenvalue weighted by atomic mass is 16.3. The lowest BCUT2D eigenvalue weighted by Crippen LogP contribution is -2.50. The van der Waals surface area contributed by atoms with E-state index in [2.05, 4.69) is 5.32 Å². The van der Waals surface area contributed by atoms with Crippen LogP contribution in [-0.2, 0) is 0 Å². The second-order valence-electron chi connectivity index (χ2n) is 5.12. The van der Waals surface area contributed by atoms with E-state index < -0.39 is 5.54 Å². The fraction of sp³-hybridized carbons (Fsp3) is 1.00. The van der Waals surface area contributed by atoms with Crippen LogP contribution < -0.4 is 5.32 Å². The summed E-state index contributed by atoms with van der Waals surface area (Å²) in [5.74, 6) is 0.727. The van der Waals surface area contributed by atoms with Gasteiger partial charge in [0.15, 0.2) is 0 Å². The third-order valence-electron chi connectivity index (χ3n) is 3.49. The van der Waals surface area contributed by atoms with Crippen LogP contribution in [-0.4, -0.2) is 35.5 Å². The maximum atomic E-state index is 9.15. The second-order valence-corrected chi connectivity index (χ2v) is 5.12. The average molecular weight is 215 g/mol. The first kappa shape index (κ1) is 12.9. The molecule has 0 amide bonds. The second kappa shape index (κ2) is 6.46. The molecule has 15 heavy (non-hydrogen) atoms. The molecule has 1 fully saturated rings. The SMILES string of the molecule is CC(CO)(CO)NCC1CCCCCC1. The molecule has 0 saturated heterocycles. The molecule has 0 bridgehead atoms. The number of hydrogen-bond donors (Lipinski definition) is 3. The smallest absolute Gasteiger partial charge is 0.0633 e. The Morgan fingerprint density at radius 3 is 2.07 bits per heavy atom. The van der Waals surface area contributed by atoms with Gasteiger partial charge in [0.25, 0.3) is 0 Å². The van der Waals surface area contributed by atoms with Crippen LogP contribution in [0.5, 0.6) is 0 Å². The summed E-state index contributed by atoms with van der Waals surface area (Å²) in [5, 5.41) is 21.6. The fourth-order valence-electron chi connectivity index (χ4n) is 2.12. The summed E-state index contributed by atoms with van der Waals surface area (Å²) >= 11 is 0. The first-order valence-electron chi connectivity index (χ1n) is 6.17. The number of aliphatic hydroxyl groups excluding tert-OH is 2. The van der Waals surface area contributed by atoms with Crippen molar-refractivity contribution in [3.63, 3.8) is 0 Å². The molecule has 3 heteroatoms. The molecule has 0 aliphatic heterocycles. The Balaban J connectivity index is 2.27. The Morgan fingerprint density at radius 2 is 1.60 bits per heavy atom. The van der Waals surface area contributed by atoms with Crippen molar-refractivity contribution in [2.45, 2.75) is 51.0 Å². The number of nitrogens with one attached hydrogen (secondary N) is 1. The summed E-state index contributed by atoms with van der Waals surface area (Å²) in [7, 11) is 0. The predicted octanol–water partition coefficient (Wildman–Crippen LogP) is 1.29. The van der Waals surface area contributed by atoms with Gasteiger partial charge in [-0.1, -0.05) is 25.7 Å². The van der Waals surface area contributed by atoms with Crippen LogP contribution in [0.4, 0.5) is 0 Å². The van der Waals surface area contributed by atoms with Gasteiger partial charge in [0.1, 0.15) is 0 Å². The normalized spacial score (nSPS) is 20.2. The fourth-order valence-corrected chi connectivity index (χ4v) is 2.12. The Morgan fingerprint density at radius 1 is 1.07 bits per heavy atom. The summed E-state index contributed by atoms with van der Waals surface area (Å²) < 4.78 is 0. The van der Waals surface area contributed by atoms with Gasteiger partial charge in [-0.15, -0.1) is 0 Å². The highest BCUT2D eigenvalue weighted by Gasteiger charge is 2.23. The summed E-state index contributed by atoms with van der Waals surface area (Å²) in [5.41, 5.74) is -0.508. The van der Waals surface area contributed by atoms with Crippen LogP contribution in [0.25, 0.3) is 0 Å². The lowest BCUT2D eigenvalue weighted by atomic mass is 9.98. The van der Waals surface area contributed by atoms with Crippen molar-refractivity contribution in [2.24, 2.45) is 5.92 Å². The van der Waals surface area contributed by atoms with Crippen LogP contribution >= 0.6 is 0 Å². The first-order chi connectivity index (χ1) is 7.20. The minimum Gasteiger partial charge on any atom is -0.394 e. The highest BCUT2D eigenvalue weighted by molar-refractivity contribution is 4.82. The Bertz CT molecular complexity index is 161. The molecule has 1 aliphatic carbocycles. The molecule has 0 radical (unpaired) electrons. The number of aliphatic hydroxyl groups is 2. The molecule has 1 aliphatic rings. The van der Waals surface area contributed by atoms with Gasteiger partial charge in [0.05, 0.1) is 18.8 Å². The van der Waals surface area contributed by atoms with E-state index in [1.54, 1.807) is 0 Å². The Labute approximate surface area is 92.9 Å². The number of rotatable bonds is 5. The molecule has 90 valence electrons. The molecule has 0 spiro atoms. The van der Waals surface area contributed by atoms with Crippen molar-refractivity contribution in [3.8, 4) is 0 Å².